The molecule has 1 aromatic rings. The first-order valence-corrected chi connectivity index (χ1v) is 9.14. The smallest absolute Gasteiger partial charge is 0.321 e. The number of anilines is 1. The number of urea groups is 1. The molecule has 5 heteroatoms. The van der Waals surface area contributed by atoms with Crippen LogP contribution in [-0.4, -0.2) is 36.0 Å². The fraction of sp³-hybridized carbons (Fsp3) is 0.579. The molecule has 5 nitrogen and oxygen atoms in total. The van der Waals surface area contributed by atoms with Crippen LogP contribution in [-0.2, 0) is 4.79 Å². The van der Waals surface area contributed by atoms with Crippen molar-refractivity contribution in [2.75, 3.05) is 18.4 Å². The molecule has 0 bridgehead atoms. The minimum absolute atomic E-state index is 0.0813. The van der Waals surface area contributed by atoms with Crippen molar-refractivity contribution in [1.29, 1.82) is 0 Å². The molecule has 1 aliphatic heterocycles. The van der Waals surface area contributed by atoms with Crippen molar-refractivity contribution in [2.45, 2.75) is 51.0 Å². The Bertz CT molecular complexity index is 555. The first-order chi connectivity index (χ1) is 11.7. The van der Waals surface area contributed by atoms with E-state index in [9.17, 15) is 9.59 Å². The number of benzene rings is 1. The highest BCUT2D eigenvalue weighted by Gasteiger charge is 2.29. The van der Waals surface area contributed by atoms with E-state index in [-0.39, 0.29) is 17.9 Å². The third kappa shape index (κ3) is 4.49. The molecule has 1 heterocycles. The molecule has 0 aromatic heterocycles. The van der Waals surface area contributed by atoms with Crippen LogP contribution in [0.3, 0.4) is 0 Å². The van der Waals surface area contributed by atoms with Crippen molar-refractivity contribution in [3.63, 3.8) is 0 Å². The summed E-state index contributed by atoms with van der Waals surface area (Å²) in [6, 6.07) is 9.67. The van der Waals surface area contributed by atoms with Gasteiger partial charge < -0.3 is 15.5 Å². The molecular formula is C19H27N3O2. The van der Waals surface area contributed by atoms with E-state index < -0.39 is 0 Å². The molecule has 130 valence electrons. The second-order valence-corrected chi connectivity index (χ2v) is 6.92. The van der Waals surface area contributed by atoms with E-state index in [0.29, 0.717) is 19.1 Å². The Labute approximate surface area is 143 Å². The zero-order chi connectivity index (χ0) is 16.8. The first-order valence-electron chi connectivity index (χ1n) is 9.14. The number of carbonyl (C=O) groups is 2. The molecule has 24 heavy (non-hydrogen) atoms. The fourth-order valence-corrected chi connectivity index (χ4v) is 3.67. The van der Waals surface area contributed by atoms with Crippen molar-refractivity contribution >= 4 is 17.6 Å². The zero-order valence-electron chi connectivity index (χ0n) is 14.2. The number of nitrogens with zero attached hydrogens (tertiary/aromatic N) is 1. The number of amides is 3. The number of likely N-dealkylation sites (tertiary alicyclic amines) is 1. The maximum absolute atomic E-state index is 12.5. The molecule has 1 aromatic carbocycles. The summed E-state index contributed by atoms with van der Waals surface area (Å²) in [6.07, 6.45) is 7.64. The van der Waals surface area contributed by atoms with Gasteiger partial charge in [0.2, 0.25) is 5.91 Å². The van der Waals surface area contributed by atoms with Crippen LogP contribution in [0.1, 0.15) is 44.9 Å². The summed E-state index contributed by atoms with van der Waals surface area (Å²) in [5.74, 6) is 0.0429. The molecule has 1 atom stereocenters. The van der Waals surface area contributed by atoms with Crippen molar-refractivity contribution in [2.24, 2.45) is 5.92 Å². The van der Waals surface area contributed by atoms with E-state index in [1.165, 1.54) is 19.3 Å². The quantitative estimate of drug-likeness (QED) is 0.893. The lowest BCUT2D eigenvalue weighted by Gasteiger charge is -2.33. The molecule has 2 N–H and O–H groups in total. The Balaban J connectivity index is 1.51. The van der Waals surface area contributed by atoms with Gasteiger partial charge in [0.05, 0.1) is 5.92 Å². The third-order valence-corrected chi connectivity index (χ3v) is 5.06. The Morgan fingerprint density at radius 1 is 0.958 bits per heavy atom. The molecule has 1 aliphatic carbocycles. The van der Waals surface area contributed by atoms with Gasteiger partial charge in [-0.1, -0.05) is 37.5 Å². The monoisotopic (exact) mass is 329 g/mol. The first kappa shape index (κ1) is 16.8. The third-order valence-electron chi connectivity index (χ3n) is 5.06. The van der Waals surface area contributed by atoms with Crippen molar-refractivity contribution in [1.82, 2.24) is 10.2 Å². The Kier molecular flexibility index (Phi) is 5.72. The molecule has 1 saturated heterocycles. The van der Waals surface area contributed by atoms with Crippen LogP contribution in [0.5, 0.6) is 0 Å². The van der Waals surface area contributed by atoms with Gasteiger partial charge in [0.1, 0.15) is 0 Å². The van der Waals surface area contributed by atoms with Crippen LogP contribution in [0.25, 0.3) is 0 Å². The van der Waals surface area contributed by atoms with Gasteiger partial charge in [-0.15, -0.1) is 0 Å². The van der Waals surface area contributed by atoms with Gasteiger partial charge in [0, 0.05) is 24.8 Å². The summed E-state index contributed by atoms with van der Waals surface area (Å²) in [5.41, 5.74) is 0.788. The molecule has 3 amide bonds. The summed E-state index contributed by atoms with van der Waals surface area (Å²) in [7, 11) is 0. The number of para-hydroxylation sites is 1. The van der Waals surface area contributed by atoms with Gasteiger partial charge in [0.15, 0.2) is 0 Å². The normalized spacial score (nSPS) is 22.0. The van der Waals surface area contributed by atoms with Crippen molar-refractivity contribution in [3.8, 4) is 0 Å². The minimum Gasteiger partial charge on any atom is -0.353 e. The molecule has 0 spiro atoms. The van der Waals surface area contributed by atoms with E-state index in [2.05, 4.69) is 10.6 Å². The van der Waals surface area contributed by atoms with E-state index in [4.69, 9.17) is 0 Å². The Morgan fingerprint density at radius 3 is 2.46 bits per heavy atom. The fourth-order valence-electron chi connectivity index (χ4n) is 3.67. The molecule has 0 radical (unpaired) electrons. The molecule has 1 saturated carbocycles. The molecular weight excluding hydrogens is 302 g/mol. The van der Waals surface area contributed by atoms with Crippen LogP contribution in [0.4, 0.5) is 10.5 Å². The second-order valence-electron chi connectivity index (χ2n) is 6.92. The summed E-state index contributed by atoms with van der Waals surface area (Å²) >= 11 is 0. The number of rotatable bonds is 3. The SMILES string of the molecule is O=C(NC1CCCCC1)[C@H]1CCCN(C(=O)Nc2ccccc2)C1. The summed E-state index contributed by atoms with van der Waals surface area (Å²) in [6.45, 7) is 1.23. The van der Waals surface area contributed by atoms with Crippen LogP contribution in [0.2, 0.25) is 0 Å². The van der Waals surface area contributed by atoms with Gasteiger partial charge in [-0.2, -0.15) is 0 Å². The summed E-state index contributed by atoms with van der Waals surface area (Å²) in [4.78, 5) is 26.7. The Morgan fingerprint density at radius 2 is 1.71 bits per heavy atom. The average Bonchev–Trinajstić information content (AvgIpc) is 2.63. The van der Waals surface area contributed by atoms with Crippen molar-refractivity contribution in [3.05, 3.63) is 30.3 Å². The van der Waals surface area contributed by atoms with Gasteiger partial charge in [-0.25, -0.2) is 4.79 Å². The maximum atomic E-state index is 12.5. The molecule has 2 fully saturated rings. The highest BCUT2D eigenvalue weighted by Crippen LogP contribution is 2.21. The minimum atomic E-state index is -0.114. The predicted octanol–water partition coefficient (Wildman–Crippen LogP) is 3.38. The molecule has 2 aliphatic rings. The van der Waals surface area contributed by atoms with Crippen LogP contribution < -0.4 is 10.6 Å². The predicted molar refractivity (Wildman–Crippen MR) is 94.8 cm³/mol. The van der Waals surface area contributed by atoms with Gasteiger partial charge in [0.25, 0.3) is 0 Å². The highest BCUT2D eigenvalue weighted by molar-refractivity contribution is 5.90. The van der Waals surface area contributed by atoms with Gasteiger partial charge in [-0.3, -0.25) is 4.79 Å². The highest BCUT2D eigenvalue weighted by atomic mass is 16.2. The topological polar surface area (TPSA) is 61.4 Å². The number of hydrogen-bond acceptors (Lipinski definition) is 2. The van der Waals surface area contributed by atoms with Crippen molar-refractivity contribution < 1.29 is 9.59 Å². The second kappa shape index (κ2) is 8.18. The summed E-state index contributed by atoms with van der Waals surface area (Å²) in [5, 5.41) is 6.11. The maximum Gasteiger partial charge on any atom is 0.321 e. The lowest BCUT2D eigenvalue weighted by Crippen LogP contribution is -2.48. The number of piperidine rings is 1. The Hall–Kier alpha value is -2.04. The van der Waals surface area contributed by atoms with Gasteiger partial charge >= 0.3 is 6.03 Å². The van der Waals surface area contributed by atoms with Gasteiger partial charge in [-0.05, 0) is 37.8 Å². The lowest BCUT2D eigenvalue weighted by molar-refractivity contribution is -0.127. The summed E-state index contributed by atoms with van der Waals surface area (Å²) < 4.78 is 0. The lowest BCUT2D eigenvalue weighted by atomic mass is 9.93. The molecule has 0 unspecified atom stereocenters. The largest absolute Gasteiger partial charge is 0.353 e. The van der Waals surface area contributed by atoms with Crippen LogP contribution >= 0.6 is 0 Å². The van der Waals surface area contributed by atoms with E-state index in [1.54, 1.807) is 4.90 Å². The number of hydrogen-bond donors (Lipinski definition) is 2. The number of nitrogens with one attached hydrogen (secondary N) is 2. The number of carbonyl (C=O) groups excluding carboxylic acids is 2. The van der Waals surface area contributed by atoms with Crippen LogP contribution in [0, 0.1) is 5.92 Å². The van der Waals surface area contributed by atoms with E-state index in [1.807, 2.05) is 30.3 Å². The molecule has 3 rings (SSSR count). The zero-order valence-corrected chi connectivity index (χ0v) is 14.2. The average molecular weight is 329 g/mol. The van der Waals surface area contributed by atoms with E-state index >= 15 is 0 Å². The standard InChI is InChI=1S/C19H27N3O2/c23-18(20-16-9-3-1-4-10-16)15-8-7-13-22(14-15)19(24)21-17-11-5-2-6-12-17/h2,5-6,11-12,15-16H,1,3-4,7-10,13-14H2,(H,20,23)(H,21,24)/t15-/m0/s1. The van der Waals surface area contributed by atoms with Crippen LogP contribution in [0.15, 0.2) is 30.3 Å². The van der Waals surface area contributed by atoms with E-state index in [0.717, 1.165) is 31.4 Å².